The van der Waals surface area contributed by atoms with Gasteiger partial charge in [0.25, 0.3) is 11.6 Å². The SMILES string of the molecule is CCOc1ccc(F)c(C(Nc2ccc3c(N)nccc3c2)(OC(=O)C(F)(F)F)C(=O)NCc2ncccc2SC(C)C)c1. The van der Waals surface area contributed by atoms with E-state index in [1.165, 1.54) is 48.4 Å². The van der Waals surface area contributed by atoms with Gasteiger partial charge in [0.05, 0.1) is 24.4 Å². The molecule has 14 heteroatoms. The van der Waals surface area contributed by atoms with Gasteiger partial charge in [-0.2, -0.15) is 13.2 Å². The van der Waals surface area contributed by atoms with Crippen molar-refractivity contribution in [3.8, 4) is 5.75 Å². The van der Waals surface area contributed by atoms with E-state index in [1.807, 2.05) is 13.8 Å². The number of anilines is 2. The average molecular weight is 632 g/mol. The summed E-state index contributed by atoms with van der Waals surface area (Å²) in [7, 11) is 0. The molecule has 0 aliphatic heterocycles. The highest BCUT2D eigenvalue weighted by Gasteiger charge is 2.53. The van der Waals surface area contributed by atoms with E-state index in [9.17, 15) is 22.8 Å². The standard InChI is InChI=1S/C30H29F4N5O4S/c1-4-42-20-8-10-23(31)22(15-20)29(43-28(41)30(32,33)34,39-19-7-9-21-18(14-19)11-13-37-26(21)35)27(40)38-16-24-25(44-17(2)3)6-5-12-36-24/h5-15,17,39H,4,16H2,1-3H3,(H2,35,37)(H,38,40). The molecule has 0 fully saturated rings. The summed E-state index contributed by atoms with van der Waals surface area (Å²) < 4.78 is 67.0. The van der Waals surface area contributed by atoms with E-state index in [2.05, 4.69) is 20.6 Å². The first-order valence-electron chi connectivity index (χ1n) is 13.4. The van der Waals surface area contributed by atoms with Crippen LogP contribution in [0.25, 0.3) is 10.8 Å². The summed E-state index contributed by atoms with van der Waals surface area (Å²) in [5.74, 6) is -4.98. The van der Waals surface area contributed by atoms with E-state index in [4.69, 9.17) is 15.2 Å². The molecular formula is C30H29F4N5O4S. The third-order valence-electron chi connectivity index (χ3n) is 6.17. The summed E-state index contributed by atoms with van der Waals surface area (Å²) >= 11 is 1.45. The average Bonchev–Trinajstić information content (AvgIpc) is 2.96. The van der Waals surface area contributed by atoms with Crippen LogP contribution in [0.3, 0.4) is 0 Å². The maximum Gasteiger partial charge on any atom is 0.491 e. The maximum absolute atomic E-state index is 15.6. The van der Waals surface area contributed by atoms with E-state index in [0.717, 1.165) is 12.1 Å². The van der Waals surface area contributed by atoms with Crippen LogP contribution in [-0.4, -0.2) is 39.9 Å². The number of esters is 1. The first-order valence-corrected chi connectivity index (χ1v) is 14.3. The molecule has 4 aromatic rings. The molecule has 44 heavy (non-hydrogen) atoms. The van der Waals surface area contributed by atoms with Crippen molar-refractivity contribution in [3.05, 3.63) is 84.1 Å². The second kappa shape index (κ2) is 13.4. The van der Waals surface area contributed by atoms with Gasteiger partial charge in [-0.3, -0.25) is 9.78 Å². The number of amides is 1. The number of hydrogen-bond donors (Lipinski definition) is 3. The van der Waals surface area contributed by atoms with Crippen molar-refractivity contribution in [3.63, 3.8) is 0 Å². The number of thioether (sulfide) groups is 1. The molecule has 2 aromatic carbocycles. The van der Waals surface area contributed by atoms with E-state index >= 15 is 4.39 Å². The van der Waals surface area contributed by atoms with Gasteiger partial charge in [0.15, 0.2) is 0 Å². The van der Waals surface area contributed by atoms with Crippen molar-refractivity contribution in [2.24, 2.45) is 0 Å². The number of ether oxygens (including phenoxy) is 2. The predicted molar refractivity (Wildman–Crippen MR) is 158 cm³/mol. The first-order chi connectivity index (χ1) is 20.8. The monoisotopic (exact) mass is 631 g/mol. The van der Waals surface area contributed by atoms with Crippen LogP contribution in [-0.2, 0) is 26.6 Å². The van der Waals surface area contributed by atoms with Crippen molar-refractivity contribution in [2.75, 3.05) is 17.7 Å². The number of halogens is 4. The minimum atomic E-state index is -5.53. The Morgan fingerprint density at radius 2 is 1.82 bits per heavy atom. The van der Waals surface area contributed by atoms with E-state index in [-0.39, 0.29) is 35.7 Å². The molecule has 2 aromatic heterocycles. The number of alkyl halides is 3. The Morgan fingerprint density at radius 3 is 2.52 bits per heavy atom. The van der Waals surface area contributed by atoms with Crippen molar-refractivity contribution < 1.29 is 36.6 Å². The number of nitrogens with one attached hydrogen (secondary N) is 2. The van der Waals surface area contributed by atoms with Crippen LogP contribution in [0.5, 0.6) is 5.75 Å². The van der Waals surface area contributed by atoms with Crippen LogP contribution >= 0.6 is 11.8 Å². The Hall–Kier alpha value is -4.59. The number of nitrogens with two attached hydrogens (primary N) is 1. The molecule has 9 nitrogen and oxygen atoms in total. The first kappa shape index (κ1) is 32.3. The lowest BCUT2D eigenvalue weighted by Crippen LogP contribution is -2.55. The summed E-state index contributed by atoms with van der Waals surface area (Å²) in [6.45, 7) is 5.38. The van der Waals surface area contributed by atoms with Gasteiger partial charge in [-0.1, -0.05) is 13.8 Å². The molecule has 0 radical (unpaired) electrons. The Morgan fingerprint density at radius 1 is 1.05 bits per heavy atom. The van der Waals surface area contributed by atoms with Gasteiger partial charge in [-0.05, 0) is 66.9 Å². The molecular weight excluding hydrogens is 602 g/mol. The van der Waals surface area contributed by atoms with Gasteiger partial charge >= 0.3 is 12.1 Å². The highest BCUT2D eigenvalue weighted by molar-refractivity contribution is 8.00. The molecule has 4 rings (SSSR count). The fraction of sp³-hybridized carbons (Fsp3) is 0.267. The van der Waals surface area contributed by atoms with Crippen LogP contribution in [0.2, 0.25) is 0 Å². The molecule has 0 aliphatic carbocycles. The number of rotatable bonds is 11. The van der Waals surface area contributed by atoms with Gasteiger partial charge in [-0.25, -0.2) is 14.2 Å². The zero-order valence-corrected chi connectivity index (χ0v) is 24.7. The number of nitrogen functional groups attached to an aromatic ring is 1. The smallest absolute Gasteiger partial charge is 0.491 e. The van der Waals surface area contributed by atoms with Crippen LogP contribution in [0.4, 0.5) is 29.1 Å². The Labute approximate surface area is 254 Å². The number of nitrogens with zero attached hydrogens (tertiary/aromatic N) is 2. The predicted octanol–water partition coefficient (Wildman–Crippen LogP) is 5.94. The molecule has 0 aliphatic rings. The second-order valence-electron chi connectivity index (χ2n) is 9.70. The largest absolute Gasteiger partial charge is 0.494 e. The summed E-state index contributed by atoms with van der Waals surface area (Å²) in [5, 5.41) is 6.22. The van der Waals surface area contributed by atoms with E-state index < -0.39 is 35.2 Å². The lowest BCUT2D eigenvalue weighted by atomic mass is 9.98. The molecule has 0 spiro atoms. The van der Waals surface area contributed by atoms with Crippen molar-refractivity contribution in [2.45, 2.75) is 49.4 Å². The van der Waals surface area contributed by atoms with Crippen LogP contribution in [0, 0.1) is 5.82 Å². The zero-order chi connectivity index (χ0) is 32.1. The number of pyridine rings is 2. The molecule has 2 heterocycles. The summed E-state index contributed by atoms with van der Waals surface area (Å²) in [6, 6.07) is 12.5. The lowest BCUT2D eigenvalue weighted by molar-refractivity contribution is -0.213. The van der Waals surface area contributed by atoms with Gasteiger partial charge in [0, 0.05) is 33.6 Å². The van der Waals surface area contributed by atoms with E-state index in [1.54, 1.807) is 25.1 Å². The molecule has 0 bridgehead atoms. The number of fused-ring (bicyclic) bond motifs is 1. The van der Waals surface area contributed by atoms with Crippen molar-refractivity contribution in [1.82, 2.24) is 15.3 Å². The summed E-state index contributed by atoms with van der Waals surface area (Å²) in [5.41, 5.74) is 2.52. The molecule has 0 saturated heterocycles. The quantitative estimate of drug-likeness (QED) is 0.0798. The number of carbonyl (C=O) groups excluding carboxylic acids is 2. The van der Waals surface area contributed by atoms with Crippen LogP contribution in [0.1, 0.15) is 32.0 Å². The molecule has 1 amide bonds. The Balaban J connectivity index is 1.88. The maximum atomic E-state index is 15.6. The highest BCUT2D eigenvalue weighted by Crippen LogP contribution is 2.37. The Bertz CT molecular complexity index is 1670. The van der Waals surface area contributed by atoms with Crippen molar-refractivity contribution in [1.29, 1.82) is 0 Å². The molecule has 1 unspecified atom stereocenters. The third-order valence-corrected chi connectivity index (χ3v) is 7.27. The number of benzene rings is 2. The molecule has 4 N–H and O–H groups in total. The minimum Gasteiger partial charge on any atom is -0.494 e. The molecule has 232 valence electrons. The zero-order valence-electron chi connectivity index (χ0n) is 23.9. The van der Waals surface area contributed by atoms with Gasteiger partial charge in [0.1, 0.15) is 17.4 Å². The topological polar surface area (TPSA) is 128 Å². The third kappa shape index (κ3) is 7.30. The fourth-order valence-corrected chi connectivity index (χ4v) is 5.21. The minimum absolute atomic E-state index is 0.00308. The molecule has 1 atom stereocenters. The van der Waals surface area contributed by atoms with Crippen LogP contribution < -0.4 is 21.1 Å². The van der Waals surface area contributed by atoms with Gasteiger partial charge in [0.2, 0.25) is 0 Å². The second-order valence-corrected chi connectivity index (χ2v) is 11.3. The van der Waals surface area contributed by atoms with Gasteiger partial charge in [-0.15, -0.1) is 11.8 Å². The lowest BCUT2D eigenvalue weighted by Gasteiger charge is -2.34. The van der Waals surface area contributed by atoms with Crippen molar-refractivity contribution >= 4 is 45.9 Å². The number of carbonyl (C=O) groups is 2. The fourth-order valence-electron chi connectivity index (χ4n) is 4.29. The highest BCUT2D eigenvalue weighted by atomic mass is 32.2. The summed E-state index contributed by atoms with van der Waals surface area (Å²) in [6.07, 6.45) is -2.63. The number of aromatic nitrogens is 2. The van der Waals surface area contributed by atoms with Gasteiger partial charge < -0.3 is 25.8 Å². The normalized spacial score (nSPS) is 12.9. The summed E-state index contributed by atoms with van der Waals surface area (Å²) in [4.78, 5) is 35.5. The van der Waals surface area contributed by atoms with Crippen LogP contribution in [0.15, 0.2) is 71.9 Å². The molecule has 0 saturated carbocycles. The number of hydrogen-bond acceptors (Lipinski definition) is 9. The van der Waals surface area contributed by atoms with E-state index in [0.29, 0.717) is 21.4 Å². The Kier molecular flexibility index (Phi) is 9.82.